The third-order valence-corrected chi connectivity index (χ3v) is 11.7. The highest BCUT2D eigenvalue weighted by atomic mass is 16.5. The third kappa shape index (κ3) is 14.8. The first-order chi connectivity index (χ1) is 27.2. The highest BCUT2D eigenvalue weighted by Crippen LogP contribution is 2.36. The molecule has 1 saturated heterocycles. The lowest BCUT2D eigenvalue weighted by Crippen LogP contribution is -2.46. The van der Waals surface area contributed by atoms with Gasteiger partial charge in [0.2, 0.25) is 5.95 Å². The lowest BCUT2D eigenvalue weighted by Gasteiger charge is -2.34. The Morgan fingerprint density at radius 1 is 0.782 bits per heavy atom. The predicted molar refractivity (Wildman–Crippen MR) is 225 cm³/mol. The molecule has 306 valence electrons. The van der Waals surface area contributed by atoms with Gasteiger partial charge in [0.15, 0.2) is 0 Å². The van der Waals surface area contributed by atoms with Gasteiger partial charge in [0.25, 0.3) is 0 Å². The number of nitrogens with one attached hydrogen (secondary N) is 1. The Labute approximate surface area is 332 Å². The normalized spacial score (nSPS) is 16.1. The summed E-state index contributed by atoms with van der Waals surface area (Å²) in [6, 6.07) is 9.79. The van der Waals surface area contributed by atoms with Gasteiger partial charge in [-0.05, 0) is 62.1 Å². The number of hydrogen-bond donors (Lipinski definition) is 1. The maximum Gasteiger partial charge on any atom is 0.224 e. The second-order valence-electron chi connectivity index (χ2n) is 15.8. The van der Waals surface area contributed by atoms with Gasteiger partial charge in [-0.1, -0.05) is 89.5 Å². The second-order valence-corrected chi connectivity index (χ2v) is 15.8. The highest BCUT2D eigenvalue weighted by molar-refractivity contribution is 5.94. The van der Waals surface area contributed by atoms with Crippen molar-refractivity contribution in [3.63, 3.8) is 0 Å². The van der Waals surface area contributed by atoms with Crippen molar-refractivity contribution < 1.29 is 19.0 Å². The monoisotopic (exact) mass is 761 g/mol. The summed E-state index contributed by atoms with van der Waals surface area (Å²) in [6.07, 6.45) is 22.7. The van der Waals surface area contributed by atoms with Crippen LogP contribution in [0.5, 0.6) is 0 Å². The van der Waals surface area contributed by atoms with Gasteiger partial charge in [0.05, 0.1) is 26.4 Å². The molecule has 0 bridgehead atoms. The minimum Gasteiger partial charge on any atom is -0.379 e. The summed E-state index contributed by atoms with van der Waals surface area (Å²) in [5.74, 6) is 1.40. The van der Waals surface area contributed by atoms with Crippen LogP contribution < -0.4 is 5.32 Å². The SMILES string of the molecule is CCC(CC)CNc1ncc2c(-c3ccc(CN4CCN(CCCCCCOCCOCCOCCCCCC=O)CC4)cc3)cn(C3CCCCC3)c2n1. The number of fused-ring (bicyclic) bond motifs is 1. The average Bonchev–Trinajstić information content (AvgIpc) is 3.61. The van der Waals surface area contributed by atoms with E-state index in [2.05, 4.69) is 70.2 Å². The molecule has 0 radical (unpaired) electrons. The van der Waals surface area contributed by atoms with E-state index in [1.165, 1.54) is 87.4 Å². The minimum atomic E-state index is 0.514. The van der Waals surface area contributed by atoms with Gasteiger partial charge >= 0.3 is 0 Å². The van der Waals surface area contributed by atoms with Crippen LogP contribution in [-0.2, 0) is 25.5 Å². The molecule has 10 nitrogen and oxygen atoms in total. The molecule has 0 atom stereocenters. The molecule has 3 aromatic rings. The van der Waals surface area contributed by atoms with Gasteiger partial charge < -0.3 is 33.8 Å². The van der Waals surface area contributed by atoms with Gasteiger partial charge in [-0.15, -0.1) is 0 Å². The number of anilines is 1. The van der Waals surface area contributed by atoms with Crippen molar-refractivity contribution >= 4 is 23.3 Å². The zero-order valence-electron chi connectivity index (χ0n) is 34.4. The number of carbonyl (C=O) groups excluding carboxylic acids is 1. The van der Waals surface area contributed by atoms with Crippen LogP contribution in [0.15, 0.2) is 36.7 Å². The van der Waals surface area contributed by atoms with Crippen molar-refractivity contribution in [3.05, 3.63) is 42.2 Å². The number of piperazine rings is 1. The Morgan fingerprint density at radius 3 is 2.09 bits per heavy atom. The summed E-state index contributed by atoms with van der Waals surface area (Å²) in [5, 5.41) is 4.70. The van der Waals surface area contributed by atoms with Crippen LogP contribution in [0.1, 0.15) is 122 Å². The summed E-state index contributed by atoms with van der Waals surface area (Å²) in [5.41, 5.74) is 4.96. The lowest BCUT2D eigenvalue weighted by molar-refractivity contribution is -0.107. The molecule has 0 amide bonds. The van der Waals surface area contributed by atoms with E-state index < -0.39 is 0 Å². The quantitative estimate of drug-likeness (QED) is 0.0575. The maximum absolute atomic E-state index is 10.3. The van der Waals surface area contributed by atoms with Crippen LogP contribution in [-0.4, -0.2) is 110 Å². The van der Waals surface area contributed by atoms with Crippen LogP contribution in [0.3, 0.4) is 0 Å². The molecule has 2 aromatic heterocycles. The predicted octanol–water partition coefficient (Wildman–Crippen LogP) is 8.94. The van der Waals surface area contributed by atoms with Crippen molar-refractivity contribution in [2.75, 3.05) is 84.2 Å². The van der Waals surface area contributed by atoms with E-state index >= 15 is 0 Å². The molecule has 10 heteroatoms. The second kappa shape index (κ2) is 25.4. The topological polar surface area (TPSA) is 94.0 Å². The molecule has 1 saturated carbocycles. The fraction of sp³-hybridized carbons (Fsp3) is 0.711. The molecule has 5 rings (SSSR count). The maximum atomic E-state index is 10.3. The Balaban J connectivity index is 0.958. The van der Waals surface area contributed by atoms with Crippen molar-refractivity contribution in [3.8, 4) is 11.1 Å². The van der Waals surface area contributed by atoms with E-state index in [0.717, 1.165) is 101 Å². The standard InChI is InChI=1S/C45H72N6O4/c1-3-38(4-2)34-46-45-47-35-42-43(37-51(44(42)48-45)41-16-10-9-11-17-41)40-20-18-39(19-21-40)36-50-25-23-49(24-26-50)22-12-5-7-14-28-53-30-32-55-33-31-54-29-15-8-6-13-27-52/h18-21,27,35,37-38,41H,3-17,22-26,28-34,36H2,1-2H3,(H,46,47,48). The molecule has 1 N–H and O–H groups in total. The summed E-state index contributed by atoms with van der Waals surface area (Å²) >= 11 is 0. The van der Waals surface area contributed by atoms with Crippen LogP contribution in [0.2, 0.25) is 0 Å². The number of rotatable bonds is 28. The number of hydrogen-bond acceptors (Lipinski definition) is 9. The number of unbranched alkanes of at least 4 members (excludes halogenated alkanes) is 6. The van der Waals surface area contributed by atoms with Crippen LogP contribution in [0.4, 0.5) is 5.95 Å². The lowest BCUT2D eigenvalue weighted by atomic mass is 9.95. The molecule has 1 aromatic carbocycles. The van der Waals surface area contributed by atoms with E-state index in [9.17, 15) is 4.79 Å². The zero-order chi connectivity index (χ0) is 38.3. The summed E-state index contributed by atoms with van der Waals surface area (Å²) in [7, 11) is 0. The molecule has 1 aliphatic carbocycles. The Kier molecular flexibility index (Phi) is 20.0. The number of aromatic nitrogens is 3. The van der Waals surface area contributed by atoms with Crippen LogP contribution >= 0.6 is 0 Å². The van der Waals surface area contributed by atoms with E-state index in [-0.39, 0.29) is 0 Å². The summed E-state index contributed by atoms with van der Waals surface area (Å²) < 4.78 is 19.4. The van der Waals surface area contributed by atoms with Gasteiger partial charge in [-0.3, -0.25) is 4.90 Å². The van der Waals surface area contributed by atoms with Gasteiger partial charge in [-0.2, -0.15) is 4.98 Å². The van der Waals surface area contributed by atoms with E-state index in [1.54, 1.807) is 0 Å². The molecular weight excluding hydrogens is 689 g/mol. The van der Waals surface area contributed by atoms with Gasteiger partial charge in [0.1, 0.15) is 11.9 Å². The first-order valence-corrected chi connectivity index (χ1v) is 22.0. The number of aldehydes is 1. The van der Waals surface area contributed by atoms with Gasteiger partial charge in [-0.25, -0.2) is 4.98 Å². The summed E-state index contributed by atoms with van der Waals surface area (Å²) in [4.78, 5) is 25.5. The van der Waals surface area contributed by atoms with Crippen molar-refractivity contribution in [1.82, 2.24) is 24.3 Å². The average molecular weight is 761 g/mol. The highest BCUT2D eigenvalue weighted by Gasteiger charge is 2.22. The van der Waals surface area contributed by atoms with E-state index in [4.69, 9.17) is 24.2 Å². The number of ether oxygens (including phenoxy) is 3. The zero-order valence-corrected chi connectivity index (χ0v) is 34.4. The smallest absolute Gasteiger partial charge is 0.224 e. The number of benzene rings is 1. The Morgan fingerprint density at radius 2 is 1.42 bits per heavy atom. The fourth-order valence-corrected chi connectivity index (χ4v) is 8.06. The first-order valence-electron chi connectivity index (χ1n) is 22.0. The van der Waals surface area contributed by atoms with E-state index in [0.29, 0.717) is 44.8 Å². The molecular formula is C45H72N6O4. The summed E-state index contributed by atoms with van der Waals surface area (Å²) in [6.45, 7) is 16.3. The molecule has 2 aliphatic rings. The van der Waals surface area contributed by atoms with E-state index in [1.807, 2.05) is 0 Å². The van der Waals surface area contributed by atoms with Crippen molar-refractivity contribution in [2.24, 2.45) is 5.92 Å². The molecule has 1 aliphatic heterocycles. The van der Waals surface area contributed by atoms with Crippen molar-refractivity contribution in [2.45, 2.75) is 123 Å². The van der Waals surface area contributed by atoms with Crippen molar-refractivity contribution in [1.29, 1.82) is 0 Å². The molecule has 2 fully saturated rings. The fourth-order valence-electron chi connectivity index (χ4n) is 8.06. The molecule has 55 heavy (non-hydrogen) atoms. The number of carbonyl (C=O) groups is 1. The Bertz CT molecular complexity index is 1460. The van der Waals surface area contributed by atoms with Crippen LogP contribution in [0.25, 0.3) is 22.2 Å². The Hall–Kier alpha value is -2.89. The van der Waals surface area contributed by atoms with Crippen LogP contribution in [0, 0.1) is 5.92 Å². The molecule has 0 spiro atoms. The molecule has 3 heterocycles. The minimum absolute atomic E-state index is 0.514. The molecule has 0 unspecified atom stereocenters. The largest absolute Gasteiger partial charge is 0.379 e. The first kappa shape index (κ1) is 43.2. The van der Waals surface area contributed by atoms with Gasteiger partial charge in [0, 0.05) is 88.3 Å². The number of nitrogens with zero attached hydrogens (tertiary/aromatic N) is 5. The third-order valence-electron chi connectivity index (χ3n) is 11.7.